The molecule has 6 nitrogen and oxygen atoms in total. The Bertz CT molecular complexity index is 1540. The van der Waals surface area contributed by atoms with E-state index in [1.807, 2.05) is 4.90 Å². The van der Waals surface area contributed by atoms with Crippen LogP contribution in [0.1, 0.15) is 35.1 Å². The van der Waals surface area contributed by atoms with E-state index in [2.05, 4.69) is 0 Å². The third-order valence-corrected chi connectivity index (χ3v) is 8.75. The quantitative estimate of drug-likeness (QED) is 0.315. The van der Waals surface area contributed by atoms with Crippen molar-refractivity contribution in [3.05, 3.63) is 87.9 Å². The first kappa shape index (κ1) is 28.5. The summed E-state index contributed by atoms with van der Waals surface area (Å²) in [4.78, 5) is 13.2. The number of likely N-dealkylation sites (N-methyl/N-ethyl adjacent to an activating group) is 1. The van der Waals surface area contributed by atoms with Crippen molar-refractivity contribution in [2.75, 3.05) is 22.8 Å². The minimum absolute atomic E-state index is 0.00293. The van der Waals surface area contributed by atoms with Crippen LogP contribution in [0.4, 0.5) is 24.5 Å². The van der Waals surface area contributed by atoms with Gasteiger partial charge in [-0.05, 0) is 60.9 Å². The fourth-order valence-corrected chi connectivity index (χ4v) is 6.44. The number of aryl methyl sites for hydroxylation is 1. The number of carbonyl (C=O) groups is 1. The second kappa shape index (κ2) is 10.9. The van der Waals surface area contributed by atoms with E-state index in [0.29, 0.717) is 16.9 Å². The van der Waals surface area contributed by atoms with Crippen LogP contribution in [0.3, 0.4) is 0 Å². The van der Waals surface area contributed by atoms with Gasteiger partial charge in [0.1, 0.15) is 0 Å². The second-order valence-electron chi connectivity index (χ2n) is 9.33. The zero-order valence-electron chi connectivity index (χ0n) is 21.1. The summed E-state index contributed by atoms with van der Waals surface area (Å²) in [5.41, 5.74) is 1.03. The summed E-state index contributed by atoms with van der Waals surface area (Å²) in [6.07, 6.45) is -1.81. The highest BCUT2D eigenvalue weighted by Crippen LogP contribution is 2.41. The van der Waals surface area contributed by atoms with Crippen LogP contribution in [0.5, 0.6) is 0 Å². The summed E-state index contributed by atoms with van der Waals surface area (Å²) in [5.74, 6) is -0.986. The topological polar surface area (TPSA) is 77.9 Å². The second-order valence-corrected chi connectivity index (χ2v) is 11.6. The van der Waals surface area contributed by atoms with E-state index in [-0.39, 0.29) is 34.9 Å². The maximum Gasteiger partial charge on any atom is 0.417 e. The molecule has 3 aromatic rings. The monoisotopic (exact) mass is 578 g/mol. The fraction of sp³-hybridized carbons (Fsp3) is 0.250. The van der Waals surface area contributed by atoms with E-state index in [4.69, 9.17) is 11.6 Å². The van der Waals surface area contributed by atoms with E-state index in [0.717, 1.165) is 11.6 Å². The molecule has 0 spiro atoms. The first-order chi connectivity index (χ1) is 18.3. The Hall–Kier alpha value is -3.50. The smallest absolute Gasteiger partial charge is 0.417 e. The van der Waals surface area contributed by atoms with Gasteiger partial charge in [0, 0.05) is 30.1 Å². The molecule has 1 atom stereocenters. The van der Waals surface area contributed by atoms with Gasteiger partial charge in [-0.15, -0.1) is 0 Å². The van der Waals surface area contributed by atoms with Crippen molar-refractivity contribution < 1.29 is 31.5 Å². The Morgan fingerprint density at radius 2 is 1.79 bits per heavy atom. The predicted molar refractivity (Wildman–Crippen MR) is 147 cm³/mol. The number of carboxylic acids is 1. The lowest BCUT2D eigenvalue weighted by molar-refractivity contribution is -0.138. The SMILES string of the molecule is Cc1cccc(S(=O)(=O)N2C[C@H](CCC(=O)O)N(C)c3ccc(/C=C/c4c(Cl)cccc4C(F)(F)F)cc32)c1. The Morgan fingerprint density at radius 3 is 2.46 bits per heavy atom. The summed E-state index contributed by atoms with van der Waals surface area (Å²) in [6, 6.07) is 14.5. The molecule has 206 valence electrons. The van der Waals surface area contributed by atoms with E-state index in [1.54, 1.807) is 50.4 Å². The fourth-order valence-electron chi connectivity index (χ4n) is 4.59. The largest absolute Gasteiger partial charge is 0.481 e. The van der Waals surface area contributed by atoms with Gasteiger partial charge in [0.15, 0.2) is 0 Å². The summed E-state index contributed by atoms with van der Waals surface area (Å²) in [5, 5.41) is 9.13. The number of nitrogens with zero attached hydrogens (tertiary/aromatic N) is 2. The molecule has 0 amide bonds. The van der Waals surface area contributed by atoms with Crippen molar-refractivity contribution in [3.63, 3.8) is 0 Å². The standard InChI is InChI=1S/C28H26ClF3N2O4S/c1-18-5-3-6-21(15-18)39(37,38)34-17-20(11-14-27(35)36)33(2)25-13-10-19(16-26(25)34)9-12-22-23(28(30,31)32)7-4-8-24(22)29/h3-10,12-13,15-16,20H,11,14,17H2,1-2H3,(H,35,36)/b12-9+/t20-/m0/s1. The number of aliphatic carboxylic acids is 1. The molecule has 1 N–H and O–H groups in total. The maximum absolute atomic E-state index is 13.8. The average Bonchev–Trinajstić information content (AvgIpc) is 2.86. The number of alkyl halides is 3. The number of anilines is 2. The number of carboxylic acid groups (broad SMARTS) is 1. The highest BCUT2D eigenvalue weighted by molar-refractivity contribution is 7.92. The van der Waals surface area contributed by atoms with E-state index in [9.17, 15) is 31.5 Å². The molecule has 0 radical (unpaired) electrons. The van der Waals surface area contributed by atoms with Crippen LogP contribution in [-0.4, -0.2) is 39.1 Å². The zero-order chi connectivity index (χ0) is 28.5. The van der Waals surface area contributed by atoms with Crippen LogP contribution in [0.25, 0.3) is 12.2 Å². The molecule has 0 bridgehead atoms. The lowest BCUT2D eigenvalue weighted by Crippen LogP contribution is -2.49. The molecule has 0 unspecified atom stereocenters. The molecular weight excluding hydrogens is 553 g/mol. The molecule has 0 fully saturated rings. The van der Waals surface area contributed by atoms with Crippen molar-refractivity contribution >= 4 is 51.1 Å². The molecule has 11 heteroatoms. The molecule has 3 aromatic carbocycles. The number of benzene rings is 3. The van der Waals surface area contributed by atoms with Gasteiger partial charge in [0.25, 0.3) is 10.0 Å². The summed E-state index contributed by atoms with van der Waals surface area (Å²) in [6.45, 7) is 1.78. The van der Waals surface area contributed by atoms with Gasteiger partial charge in [-0.2, -0.15) is 13.2 Å². The first-order valence-corrected chi connectivity index (χ1v) is 13.8. The van der Waals surface area contributed by atoms with Crippen molar-refractivity contribution in [1.29, 1.82) is 0 Å². The molecule has 1 heterocycles. The van der Waals surface area contributed by atoms with Gasteiger partial charge in [0.2, 0.25) is 0 Å². The Labute approximate surface area is 230 Å². The summed E-state index contributed by atoms with van der Waals surface area (Å²) < 4.78 is 69.5. The number of fused-ring (bicyclic) bond motifs is 1. The molecule has 0 aliphatic carbocycles. The van der Waals surface area contributed by atoms with E-state index >= 15 is 0 Å². The zero-order valence-corrected chi connectivity index (χ0v) is 22.7. The number of rotatable bonds is 7. The average molecular weight is 579 g/mol. The Morgan fingerprint density at radius 1 is 1.08 bits per heavy atom. The van der Waals surface area contributed by atoms with Crippen molar-refractivity contribution in [1.82, 2.24) is 0 Å². The molecule has 4 rings (SSSR count). The molecule has 0 saturated carbocycles. The van der Waals surface area contributed by atoms with Crippen molar-refractivity contribution in [2.24, 2.45) is 0 Å². The normalized spacial score (nSPS) is 16.0. The van der Waals surface area contributed by atoms with Crippen LogP contribution >= 0.6 is 11.6 Å². The van der Waals surface area contributed by atoms with Gasteiger partial charge in [-0.1, -0.05) is 48.0 Å². The highest BCUT2D eigenvalue weighted by Gasteiger charge is 2.36. The van der Waals surface area contributed by atoms with Crippen LogP contribution in [0, 0.1) is 6.92 Å². The van der Waals surface area contributed by atoms with Crippen LogP contribution in [0.2, 0.25) is 5.02 Å². The summed E-state index contributed by atoms with van der Waals surface area (Å²) >= 11 is 6.08. The minimum Gasteiger partial charge on any atom is -0.481 e. The molecule has 0 aromatic heterocycles. The van der Waals surface area contributed by atoms with Crippen LogP contribution < -0.4 is 9.21 Å². The van der Waals surface area contributed by atoms with E-state index < -0.39 is 33.8 Å². The Balaban J connectivity index is 1.80. The Kier molecular flexibility index (Phi) is 7.99. The van der Waals surface area contributed by atoms with Crippen LogP contribution in [0.15, 0.2) is 65.6 Å². The van der Waals surface area contributed by atoms with E-state index in [1.165, 1.54) is 34.7 Å². The molecule has 1 aliphatic rings. The lowest BCUT2D eigenvalue weighted by atomic mass is 10.0. The third-order valence-electron chi connectivity index (χ3n) is 6.64. The molecule has 39 heavy (non-hydrogen) atoms. The molecule has 0 saturated heterocycles. The molecule has 1 aliphatic heterocycles. The van der Waals surface area contributed by atoms with Gasteiger partial charge < -0.3 is 10.0 Å². The molecular formula is C28H26ClF3N2O4S. The first-order valence-electron chi connectivity index (χ1n) is 12.0. The van der Waals surface area contributed by atoms with Gasteiger partial charge >= 0.3 is 12.1 Å². The minimum atomic E-state index is -4.60. The van der Waals surface area contributed by atoms with Crippen LogP contribution in [-0.2, 0) is 21.0 Å². The maximum atomic E-state index is 13.8. The van der Waals surface area contributed by atoms with Crippen molar-refractivity contribution in [2.45, 2.75) is 36.9 Å². The predicted octanol–water partition coefficient (Wildman–Crippen LogP) is 6.72. The number of halogens is 4. The van der Waals surface area contributed by atoms with Gasteiger partial charge in [-0.3, -0.25) is 9.10 Å². The lowest BCUT2D eigenvalue weighted by Gasteiger charge is -2.42. The third kappa shape index (κ3) is 6.07. The van der Waals surface area contributed by atoms with Crippen molar-refractivity contribution in [3.8, 4) is 0 Å². The number of hydrogen-bond acceptors (Lipinski definition) is 4. The number of hydrogen-bond donors (Lipinski definition) is 1. The van der Waals surface area contributed by atoms with Gasteiger partial charge in [-0.25, -0.2) is 8.42 Å². The highest BCUT2D eigenvalue weighted by atomic mass is 35.5. The number of sulfonamides is 1. The van der Waals surface area contributed by atoms with Gasteiger partial charge in [0.05, 0.1) is 28.4 Å². The summed E-state index contributed by atoms with van der Waals surface area (Å²) in [7, 11) is -2.28.